The summed E-state index contributed by atoms with van der Waals surface area (Å²) in [5.74, 6) is 3.50. The first-order valence-corrected chi connectivity index (χ1v) is 26.1. The SMILES string of the molecule is C[Si](C)(C)C#CC(=[C-][Si](C)(C)C)C(=C=C=[C-][Si](C)(C)C)[Si](C)(C)C.[CH]1[CH][CH][CH][CH]1.[CH]1[CH][CH][CH][CH]1.[Zr+4]. The van der Waals surface area contributed by atoms with E-state index in [2.05, 4.69) is 113 Å². The number of allylic oxidation sites excluding steroid dienone is 2. The van der Waals surface area contributed by atoms with E-state index in [9.17, 15) is 0 Å². The van der Waals surface area contributed by atoms with Gasteiger partial charge < -0.3 is 11.5 Å². The van der Waals surface area contributed by atoms with Crippen LogP contribution in [0.2, 0.25) is 78.6 Å². The van der Waals surface area contributed by atoms with Gasteiger partial charge in [0, 0.05) is 16.1 Å². The van der Waals surface area contributed by atoms with E-state index in [1.165, 1.54) is 5.20 Å². The molecule has 2 aliphatic carbocycles. The van der Waals surface area contributed by atoms with Gasteiger partial charge in [0.25, 0.3) is 0 Å². The molecule has 2 fully saturated rings. The van der Waals surface area contributed by atoms with E-state index in [0.717, 1.165) is 5.57 Å². The van der Waals surface area contributed by atoms with Crippen molar-refractivity contribution in [2.45, 2.75) is 78.6 Å². The molecule has 184 valence electrons. The molecule has 35 heavy (non-hydrogen) atoms. The van der Waals surface area contributed by atoms with Gasteiger partial charge in [0.05, 0.1) is 0 Å². The summed E-state index contributed by atoms with van der Waals surface area (Å²) in [6.45, 7) is 27.7. The zero-order valence-corrected chi connectivity index (χ0v) is 30.7. The minimum Gasteiger partial charge on any atom is -0.368 e. The molecular weight excluding hydrogens is 564 g/mol. The van der Waals surface area contributed by atoms with Crippen LogP contribution in [-0.4, -0.2) is 32.3 Å². The van der Waals surface area contributed by atoms with Crippen LogP contribution >= 0.6 is 0 Å². The molecule has 0 unspecified atom stereocenters. The zero-order chi connectivity index (χ0) is 26.5. The fraction of sp³-hybridized carbons (Fsp3) is 0.400. The predicted octanol–water partition coefficient (Wildman–Crippen LogP) is 8.31. The van der Waals surface area contributed by atoms with Crippen molar-refractivity contribution in [1.82, 2.24) is 0 Å². The quantitative estimate of drug-likeness (QED) is 0.0989. The summed E-state index contributed by atoms with van der Waals surface area (Å²) in [5.41, 5.74) is 18.5. The first-order valence-electron chi connectivity index (χ1n) is 12.1. The van der Waals surface area contributed by atoms with Crippen LogP contribution in [0.15, 0.2) is 22.2 Å². The minimum atomic E-state index is -1.59. The van der Waals surface area contributed by atoms with E-state index in [0.29, 0.717) is 0 Å². The maximum atomic E-state index is 3.77. The van der Waals surface area contributed by atoms with Gasteiger partial charge in [0.2, 0.25) is 0 Å². The standard InChI is InChI=1S/C20H36Si4.2C5H5.Zr/c1-21(2,3)16-13-14-20(24(10,11)12)19(18-23(7,8)9)15-17-22(4,5)6;2*1-2-4-5-3-1;/h1-12H3;2*1-5H;/q-2;;;+4. The summed E-state index contributed by atoms with van der Waals surface area (Å²) in [7, 11) is -5.88. The maximum absolute atomic E-state index is 3.77. The smallest absolute Gasteiger partial charge is 0.368 e. The van der Waals surface area contributed by atoms with Gasteiger partial charge in [-0.05, 0) is 72.3 Å². The topological polar surface area (TPSA) is 0 Å². The van der Waals surface area contributed by atoms with Crippen molar-refractivity contribution >= 4 is 32.3 Å². The Morgan fingerprint density at radius 1 is 0.571 bits per heavy atom. The van der Waals surface area contributed by atoms with Crippen LogP contribution in [0.3, 0.4) is 0 Å². The molecule has 0 aromatic carbocycles. The molecule has 10 radical (unpaired) electrons. The Morgan fingerprint density at radius 2 is 0.943 bits per heavy atom. The molecule has 0 aliphatic heterocycles. The van der Waals surface area contributed by atoms with Crippen LogP contribution in [-0.2, 0) is 26.2 Å². The van der Waals surface area contributed by atoms with Crippen LogP contribution < -0.4 is 0 Å². The molecule has 0 spiro atoms. The Kier molecular flexibility index (Phi) is 19.1. The second-order valence-electron chi connectivity index (χ2n) is 12.4. The average molecular weight is 610 g/mol. The largest absolute Gasteiger partial charge is 4.00 e. The molecule has 2 aliphatic rings. The number of hydrogen-bond donors (Lipinski definition) is 0. The normalized spacial score (nSPS) is 16.1. The summed E-state index contributed by atoms with van der Waals surface area (Å²) >= 11 is 0. The molecule has 2 rings (SSSR count). The second kappa shape index (κ2) is 17.8. The molecule has 0 amide bonds. The molecule has 0 aromatic heterocycles. The first-order chi connectivity index (χ1) is 15.4. The first kappa shape index (κ1) is 37.5. The second-order valence-corrected chi connectivity index (χ2v) is 31.7. The van der Waals surface area contributed by atoms with Gasteiger partial charge in [-0.15, -0.1) is 0 Å². The van der Waals surface area contributed by atoms with E-state index in [4.69, 9.17) is 0 Å². The molecule has 0 N–H and O–H groups in total. The summed E-state index contributed by atoms with van der Waals surface area (Å²) in [6, 6.07) is 0. The molecule has 0 atom stereocenters. The Hall–Kier alpha value is 0.351. The molecule has 5 heteroatoms. The fourth-order valence-electron chi connectivity index (χ4n) is 2.33. The van der Waals surface area contributed by atoms with E-state index in [-0.39, 0.29) is 26.2 Å². The molecule has 0 nitrogen and oxygen atoms in total. The minimum absolute atomic E-state index is 0. The van der Waals surface area contributed by atoms with E-state index >= 15 is 0 Å². The van der Waals surface area contributed by atoms with Crippen molar-refractivity contribution in [3.05, 3.63) is 97.8 Å². The average Bonchev–Trinajstić information content (AvgIpc) is 3.37. The molecule has 0 bridgehead atoms. The number of rotatable bonds is 4. The van der Waals surface area contributed by atoms with Gasteiger partial charge in [-0.2, -0.15) is 16.5 Å². The van der Waals surface area contributed by atoms with Crippen LogP contribution in [0.5, 0.6) is 0 Å². The van der Waals surface area contributed by atoms with Gasteiger partial charge in [-0.25, -0.2) is 17.2 Å². The van der Waals surface area contributed by atoms with Gasteiger partial charge in [0.1, 0.15) is 8.07 Å². The van der Waals surface area contributed by atoms with Gasteiger partial charge in [0.15, 0.2) is 0 Å². The van der Waals surface area contributed by atoms with Crippen molar-refractivity contribution < 1.29 is 26.2 Å². The summed E-state index contributed by atoms with van der Waals surface area (Å²) < 4.78 is 0. The van der Waals surface area contributed by atoms with Gasteiger partial charge in [-0.3, -0.25) is 0 Å². The van der Waals surface area contributed by atoms with E-state index in [1.807, 2.05) is 64.2 Å². The van der Waals surface area contributed by atoms with E-state index in [1.54, 1.807) is 0 Å². The third-order valence-electron chi connectivity index (χ3n) is 3.80. The van der Waals surface area contributed by atoms with E-state index < -0.39 is 32.3 Å². The van der Waals surface area contributed by atoms with Crippen molar-refractivity contribution in [3.63, 3.8) is 0 Å². The molecule has 0 saturated heterocycles. The van der Waals surface area contributed by atoms with Crippen LogP contribution in [0.1, 0.15) is 0 Å². The molecule has 2 saturated carbocycles. The van der Waals surface area contributed by atoms with Gasteiger partial charge in [-0.1, -0.05) is 78.6 Å². The van der Waals surface area contributed by atoms with Gasteiger partial charge >= 0.3 is 26.2 Å². The van der Waals surface area contributed by atoms with Crippen molar-refractivity contribution in [2.24, 2.45) is 0 Å². The Bertz CT molecular complexity index is 754. The monoisotopic (exact) mass is 608 g/mol. The van der Waals surface area contributed by atoms with Crippen molar-refractivity contribution in [1.29, 1.82) is 0 Å². The molecule has 0 aromatic rings. The van der Waals surface area contributed by atoms with Crippen LogP contribution in [0.4, 0.5) is 0 Å². The summed E-state index contributed by atoms with van der Waals surface area (Å²) in [4.78, 5) is 0. The fourth-order valence-corrected chi connectivity index (χ4v) is 5.64. The Labute approximate surface area is 244 Å². The third-order valence-corrected chi connectivity index (χ3v) is 8.42. The molecule has 0 heterocycles. The summed E-state index contributed by atoms with van der Waals surface area (Å²) in [6.07, 6.45) is 20.0. The Balaban J connectivity index is 0. The predicted molar refractivity (Wildman–Crippen MR) is 165 cm³/mol. The van der Waals surface area contributed by atoms with Crippen LogP contribution in [0.25, 0.3) is 0 Å². The summed E-state index contributed by atoms with van der Waals surface area (Å²) in [5, 5.41) is 1.25. The molecular formula is C30H46Si4Zr+2. The Morgan fingerprint density at radius 3 is 1.20 bits per heavy atom. The number of hydrogen-bond acceptors (Lipinski definition) is 0. The third kappa shape index (κ3) is 24.4. The van der Waals surface area contributed by atoms with Crippen molar-refractivity contribution in [2.75, 3.05) is 0 Å². The maximum Gasteiger partial charge on any atom is 4.00 e. The zero-order valence-electron chi connectivity index (χ0n) is 24.3. The van der Waals surface area contributed by atoms with Crippen LogP contribution in [0, 0.1) is 87.1 Å². The van der Waals surface area contributed by atoms with Crippen molar-refractivity contribution in [3.8, 4) is 11.5 Å².